The van der Waals surface area contributed by atoms with Gasteiger partial charge in [-0.25, -0.2) is 9.78 Å². The lowest BCUT2D eigenvalue weighted by atomic mass is 10.2. The molecule has 0 bridgehead atoms. The zero-order valence-corrected chi connectivity index (χ0v) is 13.1. The molecule has 0 aliphatic rings. The maximum Gasteiger partial charge on any atom is 0.573 e. The second-order valence-corrected chi connectivity index (χ2v) is 5.80. The number of esters is 1. The summed E-state index contributed by atoms with van der Waals surface area (Å²) in [6.07, 6.45) is -4.75. The van der Waals surface area contributed by atoms with Crippen molar-refractivity contribution in [2.45, 2.75) is 6.36 Å². The number of carbonyl (C=O) groups excluding carboxylic acids is 1. The van der Waals surface area contributed by atoms with E-state index in [0.717, 1.165) is 4.70 Å². The van der Waals surface area contributed by atoms with Gasteiger partial charge in [0.15, 0.2) is 0 Å². The second-order valence-electron chi connectivity index (χ2n) is 4.77. The predicted molar refractivity (Wildman–Crippen MR) is 83.1 cm³/mol. The molecule has 0 amide bonds. The van der Waals surface area contributed by atoms with Gasteiger partial charge in [0.1, 0.15) is 10.8 Å². The number of fused-ring (bicyclic) bond motifs is 1. The van der Waals surface area contributed by atoms with Crippen molar-refractivity contribution < 1.29 is 27.4 Å². The predicted octanol–water partition coefficient (Wildman–Crippen LogP) is 4.65. The van der Waals surface area contributed by atoms with E-state index in [1.165, 1.54) is 36.6 Å². The van der Waals surface area contributed by atoms with Gasteiger partial charge in [-0.05, 0) is 30.3 Å². The molecule has 124 valence electrons. The molecule has 0 N–H and O–H groups in total. The average Bonchev–Trinajstić information content (AvgIpc) is 2.96. The topological polar surface area (TPSA) is 48.4 Å². The summed E-state index contributed by atoms with van der Waals surface area (Å²) in [5.74, 6) is -0.776. The van der Waals surface area contributed by atoms with Gasteiger partial charge < -0.3 is 9.47 Å². The fourth-order valence-electron chi connectivity index (χ4n) is 2.12. The SMILES string of the molecule is COC(=O)c1ccc2nc(-c3cccc(OC(F)(F)F)c3)sc2c1. The molecule has 0 spiro atoms. The summed E-state index contributed by atoms with van der Waals surface area (Å²) >= 11 is 1.26. The van der Waals surface area contributed by atoms with Crippen LogP contribution in [-0.2, 0) is 4.74 Å². The van der Waals surface area contributed by atoms with Crippen molar-refractivity contribution in [2.24, 2.45) is 0 Å². The molecule has 0 atom stereocenters. The number of rotatable bonds is 3. The minimum absolute atomic E-state index is 0.311. The Hall–Kier alpha value is -2.61. The van der Waals surface area contributed by atoms with Crippen LogP contribution in [0.25, 0.3) is 20.8 Å². The first kappa shape index (κ1) is 16.3. The molecule has 3 rings (SSSR count). The largest absolute Gasteiger partial charge is 0.573 e. The third-order valence-electron chi connectivity index (χ3n) is 3.12. The van der Waals surface area contributed by atoms with E-state index in [2.05, 4.69) is 14.5 Å². The Morgan fingerprint density at radius 3 is 2.67 bits per heavy atom. The summed E-state index contributed by atoms with van der Waals surface area (Å²) in [7, 11) is 1.29. The van der Waals surface area contributed by atoms with Gasteiger partial charge in [0.2, 0.25) is 0 Å². The number of thiazole rings is 1. The molecule has 3 aromatic rings. The van der Waals surface area contributed by atoms with Gasteiger partial charge in [-0.3, -0.25) is 0 Å². The smallest absolute Gasteiger partial charge is 0.465 e. The van der Waals surface area contributed by atoms with Crippen LogP contribution in [0.5, 0.6) is 5.75 Å². The Morgan fingerprint density at radius 1 is 1.17 bits per heavy atom. The van der Waals surface area contributed by atoms with Gasteiger partial charge in [0.25, 0.3) is 0 Å². The van der Waals surface area contributed by atoms with E-state index < -0.39 is 12.3 Å². The van der Waals surface area contributed by atoms with Crippen LogP contribution in [0.1, 0.15) is 10.4 Å². The van der Waals surface area contributed by atoms with Gasteiger partial charge in [-0.2, -0.15) is 0 Å². The molecule has 0 saturated heterocycles. The van der Waals surface area contributed by atoms with Crippen molar-refractivity contribution >= 4 is 27.5 Å². The standard InChI is InChI=1S/C16H10F3NO3S/c1-22-15(21)10-5-6-12-13(8-10)24-14(20-12)9-3-2-4-11(7-9)23-16(17,18)19/h2-8H,1H3. The molecule has 1 heterocycles. The molecular formula is C16H10F3NO3S. The van der Waals surface area contributed by atoms with Crippen LogP contribution in [0.4, 0.5) is 13.2 Å². The molecule has 24 heavy (non-hydrogen) atoms. The van der Waals surface area contributed by atoms with Crippen LogP contribution in [0.2, 0.25) is 0 Å². The molecule has 0 radical (unpaired) electrons. The maximum atomic E-state index is 12.3. The number of nitrogens with zero attached hydrogens (tertiary/aromatic N) is 1. The highest BCUT2D eigenvalue weighted by Gasteiger charge is 2.31. The third kappa shape index (κ3) is 3.48. The highest BCUT2D eigenvalue weighted by atomic mass is 32.1. The summed E-state index contributed by atoms with van der Waals surface area (Å²) in [5.41, 5.74) is 1.52. The van der Waals surface area contributed by atoms with E-state index in [1.807, 2.05) is 0 Å². The third-order valence-corrected chi connectivity index (χ3v) is 4.19. The zero-order chi connectivity index (χ0) is 17.3. The fraction of sp³-hybridized carbons (Fsp3) is 0.125. The second kappa shape index (κ2) is 6.12. The Labute approximate surface area is 138 Å². The number of alkyl halides is 3. The summed E-state index contributed by atoms with van der Waals surface area (Å²) < 4.78 is 46.3. The van der Waals surface area contributed by atoms with Crippen LogP contribution in [-0.4, -0.2) is 24.4 Å². The van der Waals surface area contributed by atoms with Crippen molar-refractivity contribution in [1.29, 1.82) is 0 Å². The Kier molecular flexibility index (Phi) is 4.15. The first-order chi connectivity index (χ1) is 11.4. The maximum absolute atomic E-state index is 12.3. The number of aromatic nitrogens is 1. The number of carbonyl (C=O) groups is 1. The van der Waals surface area contributed by atoms with Crippen LogP contribution in [0, 0.1) is 0 Å². The number of hydrogen-bond acceptors (Lipinski definition) is 5. The first-order valence-electron chi connectivity index (χ1n) is 6.71. The molecular weight excluding hydrogens is 343 g/mol. The summed E-state index contributed by atoms with van der Waals surface area (Å²) in [6, 6.07) is 10.5. The normalized spacial score (nSPS) is 11.5. The van der Waals surface area contributed by atoms with Crippen LogP contribution in [0.3, 0.4) is 0 Å². The number of halogens is 3. The van der Waals surface area contributed by atoms with E-state index in [0.29, 0.717) is 21.7 Å². The van der Waals surface area contributed by atoms with Gasteiger partial charge in [-0.15, -0.1) is 24.5 Å². The minimum atomic E-state index is -4.75. The van der Waals surface area contributed by atoms with Crippen LogP contribution >= 0.6 is 11.3 Å². The Bertz CT molecular complexity index is 905. The summed E-state index contributed by atoms with van der Waals surface area (Å²) in [4.78, 5) is 15.9. The molecule has 8 heteroatoms. The molecule has 0 aliphatic heterocycles. The van der Waals surface area contributed by atoms with Gasteiger partial charge in [-0.1, -0.05) is 12.1 Å². The van der Waals surface area contributed by atoms with Gasteiger partial charge >= 0.3 is 12.3 Å². The number of benzene rings is 2. The van der Waals surface area contributed by atoms with Gasteiger partial charge in [0.05, 0.1) is 22.9 Å². The Morgan fingerprint density at radius 2 is 1.96 bits per heavy atom. The lowest BCUT2D eigenvalue weighted by Crippen LogP contribution is -2.17. The molecule has 0 aliphatic carbocycles. The van der Waals surface area contributed by atoms with Crippen molar-refractivity contribution in [1.82, 2.24) is 4.98 Å². The number of ether oxygens (including phenoxy) is 2. The van der Waals surface area contributed by atoms with Crippen molar-refractivity contribution in [2.75, 3.05) is 7.11 Å². The molecule has 0 saturated carbocycles. The average molecular weight is 353 g/mol. The van der Waals surface area contributed by atoms with Crippen molar-refractivity contribution in [3.63, 3.8) is 0 Å². The molecule has 4 nitrogen and oxygen atoms in total. The van der Waals surface area contributed by atoms with E-state index in [-0.39, 0.29) is 5.75 Å². The zero-order valence-electron chi connectivity index (χ0n) is 12.3. The quantitative estimate of drug-likeness (QED) is 0.643. The monoisotopic (exact) mass is 353 g/mol. The van der Waals surface area contributed by atoms with Crippen LogP contribution < -0.4 is 4.74 Å². The Balaban J connectivity index is 1.97. The van der Waals surface area contributed by atoms with Crippen molar-refractivity contribution in [3.8, 4) is 16.3 Å². The van der Waals surface area contributed by atoms with E-state index in [1.54, 1.807) is 24.3 Å². The number of methoxy groups -OCH3 is 1. The molecule has 1 aromatic heterocycles. The minimum Gasteiger partial charge on any atom is -0.465 e. The van der Waals surface area contributed by atoms with Crippen LogP contribution in [0.15, 0.2) is 42.5 Å². The molecule has 2 aromatic carbocycles. The lowest BCUT2D eigenvalue weighted by Gasteiger charge is -2.09. The summed E-state index contributed by atoms with van der Waals surface area (Å²) in [5, 5.41) is 0.527. The van der Waals surface area contributed by atoms with E-state index >= 15 is 0 Å². The lowest BCUT2D eigenvalue weighted by molar-refractivity contribution is -0.274. The first-order valence-corrected chi connectivity index (χ1v) is 7.52. The van der Waals surface area contributed by atoms with Crippen molar-refractivity contribution in [3.05, 3.63) is 48.0 Å². The number of hydrogen-bond donors (Lipinski definition) is 0. The van der Waals surface area contributed by atoms with Gasteiger partial charge in [0, 0.05) is 5.56 Å². The van der Waals surface area contributed by atoms with E-state index in [9.17, 15) is 18.0 Å². The highest BCUT2D eigenvalue weighted by molar-refractivity contribution is 7.21. The van der Waals surface area contributed by atoms with E-state index in [4.69, 9.17) is 0 Å². The molecule has 0 fully saturated rings. The molecule has 0 unspecified atom stereocenters. The highest BCUT2D eigenvalue weighted by Crippen LogP contribution is 2.33. The summed E-state index contributed by atoms with van der Waals surface area (Å²) in [6.45, 7) is 0. The fourth-order valence-corrected chi connectivity index (χ4v) is 3.12.